The zero-order valence-electron chi connectivity index (χ0n) is 20.9. The van der Waals surface area contributed by atoms with Gasteiger partial charge in [-0.2, -0.15) is 18.3 Å². The molecule has 0 unspecified atom stereocenters. The molecule has 13 heteroatoms. The minimum atomic E-state index is -4.74. The highest BCUT2D eigenvalue weighted by molar-refractivity contribution is 7.92. The molecule has 8 nitrogen and oxygen atoms in total. The summed E-state index contributed by atoms with van der Waals surface area (Å²) in [5.41, 5.74) is 2.08. The quantitative estimate of drug-likeness (QED) is 0.246. The summed E-state index contributed by atoms with van der Waals surface area (Å²) < 4.78 is 76.0. The summed E-state index contributed by atoms with van der Waals surface area (Å²) in [4.78, 5) is 12.5. The van der Waals surface area contributed by atoms with Crippen molar-refractivity contribution in [2.45, 2.75) is 19.7 Å². The molecule has 39 heavy (non-hydrogen) atoms. The van der Waals surface area contributed by atoms with Crippen LogP contribution in [0.5, 0.6) is 11.5 Å². The van der Waals surface area contributed by atoms with Crippen molar-refractivity contribution < 1.29 is 35.9 Å². The van der Waals surface area contributed by atoms with E-state index in [2.05, 4.69) is 10.5 Å². The second-order valence-corrected chi connectivity index (χ2v) is 10.5. The molecule has 0 aromatic heterocycles. The van der Waals surface area contributed by atoms with Crippen molar-refractivity contribution in [2.24, 2.45) is 5.10 Å². The number of rotatable bonds is 11. The summed E-state index contributed by atoms with van der Waals surface area (Å²) in [6.07, 6.45) is -2.70. The van der Waals surface area contributed by atoms with Crippen LogP contribution < -0.4 is 19.2 Å². The van der Waals surface area contributed by atoms with Crippen LogP contribution in [0.3, 0.4) is 0 Å². The van der Waals surface area contributed by atoms with E-state index in [0.29, 0.717) is 46.7 Å². The van der Waals surface area contributed by atoms with Crippen LogP contribution in [-0.4, -0.2) is 39.9 Å². The number of nitrogens with zero attached hydrogens (tertiary/aromatic N) is 2. The number of carbonyl (C=O) groups excluding carboxylic acids is 1. The number of nitrogens with one attached hydrogen (secondary N) is 1. The van der Waals surface area contributed by atoms with Gasteiger partial charge in [0.1, 0.15) is 13.2 Å². The molecule has 0 radical (unpaired) electrons. The standard InChI is InChI=1S/C26H25ClF3N3O5S/c1-3-37-24-13-19(9-12-23(24)38-17-18-7-5-4-6-8-18)15-31-32-25(34)16-33(39(2,35)36)22-14-20(26(28,29)30)10-11-21(22)27/h4-15H,3,16-17H2,1-2H3,(H,32,34)/b31-15-. The first-order chi connectivity index (χ1) is 18.4. The van der Waals surface area contributed by atoms with Gasteiger partial charge in [0.2, 0.25) is 10.0 Å². The summed E-state index contributed by atoms with van der Waals surface area (Å²) >= 11 is 5.97. The largest absolute Gasteiger partial charge is 0.490 e. The van der Waals surface area contributed by atoms with E-state index in [9.17, 15) is 26.4 Å². The average Bonchev–Trinajstić information content (AvgIpc) is 2.87. The Kier molecular flexibility index (Phi) is 9.81. The van der Waals surface area contributed by atoms with E-state index in [0.717, 1.165) is 17.9 Å². The first-order valence-electron chi connectivity index (χ1n) is 11.5. The van der Waals surface area contributed by atoms with Gasteiger partial charge in [0.25, 0.3) is 5.91 Å². The van der Waals surface area contributed by atoms with E-state index in [4.69, 9.17) is 21.1 Å². The van der Waals surface area contributed by atoms with Crippen LogP contribution >= 0.6 is 11.6 Å². The predicted molar refractivity (Wildman–Crippen MR) is 143 cm³/mol. The lowest BCUT2D eigenvalue weighted by Crippen LogP contribution is -2.39. The fourth-order valence-electron chi connectivity index (χ4n) is 3.33. The average molecular weight is 584 g/mol. The Morgan fingerprint density at radius 1 is 1.05 bits per heavy atom. The number of ether oxygens (including phenoxy) is 2. The molecule has 0 spiro atoms. The normalized spacial score (nSPS) is 11.8. The van der Waals surface area contributed by atoms with Gasteiger partial charge in [0.05, 0.1) is 35.4 Å². The number of halogens is 4. The van der Waals surface area contributed by atoms with Gasteiger partial charge < -0.3 is 9.47 Å². The van der Waals surface area contributed by atoms with Crippen molar-refractivity contribution >= 4 is 39.4 Å². The highest BCUT2D eigenvalue weighted by Crippen LogP contribution is 2.36. The highest BCUT2D eigenvalue weighted by atomic mass is 35.5. The number of amides is 1. The fraction of sp³-hybridized carbons (Fsp3) is 0.231. The Morgan fingerprint density at radius 2 is 1.77 bits per heavy atom. The van der Waals surface area contributed by atoms with Gasteiger partial charge in [0, 0.05) is 0 Å². The van der Waals surface area contributed by atoms with E-state index < -0.39 is 39.9 Å². The summed E-state index contributed by atoms with van der Waals surface area (Å²) in [7, 11) is -4.18. The molecule has 3 aromatic carbocycles. The van der Waals surface area contributed by atoms with Gasteiger partial charge in [-0.25, -0.2) is 13.8 Å². The van der Waals surface area contributed by atoms with Gasteiger partial charge in [-0.05, 0) is 54.4 Å². The van der Waals surface area contributed by atoms with Crippen LogP contribution in [-0.2, 0) is 27.6 Å². The molecular formula is C26H25ClF3N3O5S. The molecule has 1 amide bonds. The highest BCUT2D eigenvalue weighted by Gasteiger charge is 2.33. The molecule has 0 atom stereocenters. The molecule has 0 aliphatic heterocycles. The maximum Gasteiger partial charge on any atom is 0.416 e. The summed E-state index contributed by atoms with van der Waals surface area (Å²) in [5.74, 6) is 0.0489. The minimum Gasteiger partial charge on any atom is -0.490 e. The fourth-order valence-corrected chi connectivity index (χ4v) is 4.46. The number of benzene rings is 3. The Morgan fingerprint density at radius 3 is 2.41 bits per heavy atom. The lowest BCUT2D eigenvalue weighted by Gasteiger charge is -2.23. The summed E-state index contributed by atoms with van der Waals surface area (Å²) in [6, 6.07) is 16.7. The molecule has 208 valence electrons. The van der Waals surface area contributed by atoms with E-state index in [1.165, 1.54) is 6.21 Å². The molecule has 0 heterocycles. The number of alkyl halides is 3. The molecule has 0 bridgehead atoms. The number of hydrazone groups is 1. The first-order valence-corrected chi connectivity index (χ1v) is 13.7. The van der Waals surface area contributed by atoms with Crippen molar-refractivity contribution in [1.29, 1.82) is 0 Å². The maximum absolute atomic E-state index is 13.1. The molecule has 0 aliphatic rings. The Labute approximate surface area is 229 Å². The smallest absolute Gasteiger partial charge is 0.416 e. The first kappa shape index (κ1) is 29.8. The Hall–Kier alpha value is -3.77. The lowest BCUT2D eigenvalue weighted by molar-refractivity contribution is -0.137. The van der Waals surface area contributed by atoms with Gasteiger partial charge in [-0.1, -0.05) is 41.9 Å². The van der Waals surface area contributed by atoms with Crippen molar-refractivity contribution in [2.75, 3.05) is 23.7 Å². The zero-order valence-corrected chi connectivity index (χ0v) is 22.5. The third kappa shape index (κ3) is 8.62. The van der Waals surface area contributed by atoms with E-state index in [-0.39, 0.29) is 5.02 Å². The van der Waals surface area contributed by atoms with Crippen molar-refractivity contribution in [3.05, 3.63) is 88.4 Å². The van der Waals surface area contributed by atoms with Crippen LogP contribution in [0.1, 0.15) is 23.6 Å². The number of hydrogen-bond acceptors (Lipinski definition) is 6. The molecule has 0 saturated carbocycles. The summed E-state index contributed by atoms with van der Waals surface area (Å²) in [6.45, 7) is 1.66. The SMILES string of the molecule is CCOc1cc(/C=N\NC(=O)CN(c2cc(C(F)(F)F)ccc2Cl)S(C)(=O)=O)ccc1OCc1ccccc1. The van der Waals surface area contributed by atoms with E-state index in [1.807, 2.05) is 37.3 Å². The van der Waals surface area contributed by atoms with E-state index in [1.54, 1.807) is 18.2 Å². The zero-order chi connectivity index (χ0) is 28.6. The molecule has 0 saturated heterocycles. The topological polar surface area (TPSA) is 97.3 Å². The van der Waals surface area contributed by atoms with Gasteiger partial charge in [0.15, 0.2) is 11.5 Å². The monoisotopic (exact) mass is 583 g/mol. The Balaban J connectivity index is 1.71. The second kappa shape index (κ2) is 12.9. The minimum absolute atomic E-state index is 0.275. The molecule has 1 N–H and O–H groups in total. The van der Waals surface area contributed by atoms with E-state index >= 15 is 0 Å². The van der Waals surface area contributed by atoms with Crippen LogP contribution in [0, 0.1) is 0 Å². The van der Waals surface area contributed by atoms with Gasteiger partial charge in [-0.3, -0.25) is 9.10 Å². The molecule has 0 aliphatic carbocycles. The summed E-state index contributed by atoms with van der Waals surface area (Å²) in [5, 5.41) is 3.54. The second-order valence-electron chi connectivity index (χ2n) is 8.14. The third-order valence-electron chi connectivity index (χ3n) is 5.14. The maximum atomic E-state index is 13.1. The molecule has 0 fully saturated rings. The predicted octanol–water partition coefficient (Wildman–Crippen LogP) is 5.25. The molecule has 3 rings (SSSR count). The van der Waals surface area contributed by atoms with Crippen LogP contribution in [0.15, 0.2) is 71.8 Å². The number of hydrogen-bond donors (Lipinski definition) is 1. The molecular weight excluding hydrogens is 559 g/mol. The van der Waals surface area contributed by atoms with Gasteiger partial charge in [-0.15, -0.1) is 0 Å². The van der Waals surface area contributed by atoms with Crippen LogP contribution in [0.2, 0.25) is 5.02 Å². The van der Waals surface area contributed by atoms with Crippen LogP contribution in [0.4, 0.5) is 18.9 Å². The number of anilines is 1. The number of sulfonamides is 1. The van der Waals surface area contributed by atoms with Crippen LogP contribution in [0.25, 0.3) is 0 Å². The van der Waals surface area contributed by atoms with Crippen molar-refractivity contribution in [3.8, 4) is 11.5 Å². The van der Waals surface area contributed by atoms with Crippen molar-refractivity contribution in [3.63, 3.8) is 0 Å². The van der Waals surface area contributed by atoms with Gasteiger partial charge >= 0.3 is 6.18 Å². The third-order valence-corrected chi connectivity index (χ3v) is 6.58. The van der Waals surface area contributed by atoms with Crippen molar-refractivity contribution in [1.82, 2.24) is 5.43 Å². The Bertz CT molecular complexity index is 1430. The molecule has 3 aromatic rings. The lowest BCUT2D eigenvalue weighted by atomic mass is 10.2. The number of carbonyl (C=O) groups is 1.